The number of carbonyl (C=O) groups excluding carboxylic acids is 1. The largest absolute Gasteiger partial charge is 0.496 e. The number of hydrogen-bond donors (Lipinski definition) is 0. The van der Waals surface area contributed by atoms with Crippen LogP contribution in [0, 0.1) is 6.92 Å². The summed E-state index contributed by atoms with van der Waals surface area (Å²) in [5.41, 5.74) is 3.03. The fourth-order valence-corrected chi connectivity index (χ4v) is 3.28. The van der Waals surface area contributed by atoms with Crippen LogP contribution in [0.5, 0.6) is 5.75 Å². The molecule has 2 aromatic rings. The van der Waals surface area contributed by atoms with Gasteiger partial charge in [-0.1, -0.05) is 0 Å². The van der Waals surface area contributed by atoms with Gasteiger partial charge in [0.2, 0.25) is 0 Å². The lowest BCUT2D eigenvalue weighted by atomic mass is 10.0. The number of amides is 1. The molecule has 1 saturated heterocycles. The van der Waals surface area contributed by atoms with Gasteiger partial charge in [0, 0.05) is 61.7 Å². The third-order valence-electron chi connectivity index (χ3n) is 4.91. The molecule has 0 bridgehead atoms. The lowest BCUT2D eigenvalue weighted by molar-refractivity contribution is 0.0664. The number of ether oxygens (including phenoxy) is 1. The molecule has 1 fully saturated rings. The lowest BCUT2D eigenvalue weighted by Crippen LogP contribution is -2.47. The van der Waals surface area contributed by atoms with Crippen LogP contribution >= 0.6 is 0 Å². The zero-order valence-electron chi connectivity index (χ0n) is 15.8. The van der Waals surface area contributed by atoms with Gasteiger partial charge in [0.15, 0.2) is 0 Å². The number of aryl methyl sites for hydroxylation is 2. The fraction of sp³-hybridized carbons (Fsp3) is 0.400. The SMILES string of the molecule is COc1cc(C(=O)N2CCN(C)CC2)ccc1-c1cc(C)c(=O)n(C)c1. The molecule has 26 heavy (non-hydrogen) atoms. The van der Waals surface area contributed by atoms with Gasteiger partial charge in [0.1, 0.15) is 5.75 Å². The van der Waals surface area contributed by atoms with Crippen LogP contribution in [0.1, 0.15) is 15.9 Å². The number of pyridine rings is 1. The molecule has 1 aromatic carbocycles. The summed E-state index contributed by atoms with van der Waals surface area (Å²) in [6.07, 6.45) is 1.79. The molecule has 1 amide bonds. The van der Waals surface area contributed by atoms with Gasteiger partial charge in [-0.05, 0) is 38.2 Å². The summed E-state index contributed by atoms with van der Waals surface area (Å²) < 4.78 is 7.10. The quantitative estimate of drug-likeness (QED) is 0.842. The summed E-state index contributed by atoms with van der Waals surface area (Å²) in [5.74, 6) is 0.655. The van der Waals surface area contributed by atoms with Crippen LogP contribution in [0.15, 0.2) is 35.3 Å². The standard InChI is InChI=1S/C20H25N3O3/c1-14-11-16(13-22(3)19(14)24)17-6-5-15(12-18(17)26-4)20(25)23-9-7-21(2)8-10-23/h5-6,11-13H,7-10H2,1-4H3. The summed E-state index contributed by atoms with van der Waals surface area (Å²) in [7, 11) is 5.39. The molecule has 3 rings (SSSR count). The maximum atomic E-state index is 12.8. The predicted octanol–water partition coefficient (Wildman–Crippen LogP) is 1.76. The van der Waals surface area contributed by atoms with Crippen LogP contribution in [0.4, 0.5) is 0 Å². The van der Waals surface area contributed by atoms with Gasteiger partial charge in [-0.15, -0.1) is 0 Å². The van der Waals surface area contributed by atoms with Crippen LogP contribution in [-0.2, 0) is 7.05 Å². The second-order valence-corrected chi connectivity index (χ2v) is 6.84. The topological polar surface area (TPSA) is 54.8 Å². The normalized spacial score (nSPS) is 15.2. The van der Waals surface area contributed by atoms with Gasteiger partial charge in [-0.3, -0.25) is 9.59 Å². The van der Waals surface area contributed by atoms with Crippen LogP contribution in [0.2, 0.25) is 0 Å². The van der Waals surface area contributed by atoms with Crippen LogP contribution in [0.3, 0.4) is 0 Å². The van der Waals surface area contributed by atoms with E-state index in [1.807, 2.05) is 23.1 Å². The number of rotatable bonds is 3. The minimum absolute atomic E-state index is 0.0189. The van der Waals surface area contributed by atoms with Gasteiger partial charge in [-0.25, -0.2) is 0 Å². The number of hydrogen-bond acceptors (Lipinski definition) is 4. The van der Waals surface area contributed by atoms with E-state index in [1.165, 1.54) is 0 Å². The van der Waals surface area contributed by atoms with Crippen LogP contribution in [0.25, 0.3) is 11.1 Å². The summed E-state index contributed by atoms with van der Waals surface area (Å²) in [4.78, 5) is 28.8. The third kappa shape index (κ3) is 3.51. The van der Waals surface area contributed by atoms with Gasteiger partial charge >= 0.3 is 0 Å². The molecule has 0 N–H and O–H groups in total. The van der Waals surface area contributed by atoms with Gasteiger partial charge in [0.05, 0.1) is 7.11 Å². The first-order chi connectivity index (χ1) is 12.4. The molecule has 1 aromatic heterocycles. The van der Waals surface area contributed by atoms with Crippen molar-refractivity contribution in [3.05, 3.63) is 51.9 Å². The summed E-state index contributed by atoms with van der Waals surface area (Å²) in [6, 6.07) is 7.36. The molecule has 0 radical (unpaired) electrons. The van der Waals surface area contributed by atoms with Crippen molar-refractivity contribution in [3.63, 3.8) is 0 Å². The zero-order valence-corrected chi connectivity index (χ0v) is 15.8. The van der Waals surface area contributed by atoms with Crippen molar-refractivity contribution in [2.45, 2.75) is 6.92 Å². The molecular formula is C20H25N3O3. The predicted molar refractivity (Wildman–Crippen MR) is 102 cm³/mol. The Hall–Kier alpha value is -2.60. The molecule has 0 spiro atoms. The van der Waals surface area contributed by atoms with Crippen molar-refractivity contribution in [3.8, 4) is 16.9 Å². The summed E-state index contributed by atoms with van der Waals surface area (Å²) in [6.45, 7) is 5.04. The summed E-state index contributed by atoms with van der Waals surface area (Å²) >= 11 is 0. The van der Waals surface area contributed by atoms with Crippen LogP contribution < -0.4 is 10.3 Å². The average Bonchev–Trinajstić information content (AvgIpc) is 2.65. The van der Waals surface area contributed by atoms with Crippen molar-refractivity contribution < 1.29 is 9.53 Å². The molecule has 6 nitrogen and oxygen atoms in total. The number of likely N-dealkylation sites (N-methyl/N-ethyl adjacent to an activating group) is 1. The molecule has 1 aliphatic rings. The second kappa shape index (κ2) is 7.33. The van der Waals surface area contributed by atoms with E-state index in [2.05, 4.69) is 11.9 Å². The Morgan fingerprint density at radius 3 is 2.38 bits per heavy atom. The fourth-order valence-electron chi connectivity index (χ4n) is 3.28. The molecule has 0 atom stereocenters. The van der Waals surface area contributed by atoms with E-state index in [0.717, 1.165) is 37.3 Å². The molecule has 2 heterocycles. The first kappa shape index (κ1) is 18.2. The number of methoxy groups -OCH3 is 1. The van der Waals surface area contributed by atoms with Crippen molar-refractivity contribution in [1.82, 2.24) is 14.4 Å². The number of aromatic nitrogens is 1. The van der Waals surface area contributed by atoms with Crippen molar-refractivity contribution in [2.24, 2.45) is 7.05 Å². The van der Waals surface area contributed by atoms with Crippen molar-refractivity contribution in [1.29, 1.82) is 0 Å². The highest BCUT2D eigenvalue weighted by Gasteiger charge is 2.21. The molecule has 138 valence electrons. The van der Waals surface area contributed by atoms with E-state index in [9.17, 15) is 9.59 Å². The highest BCUT2D eigenvalue weighted by Crippen LogP contribution is 2.31. The Morgan fingerprint density at radius 1 is 1.08 bits per heavy atom. The van der Waals surface area contributed by atoms with Crippen LogP contribution in [-0.4, -0.2) is 60.6 Å². The number of carbonyl (C=O) groups is 1. The smallest absolute Gasteiger partial charge is 0.254 e. The Kier molecular flexibility index (Phi) is 5.13. The Balaban J connectivity index is 1.93. The molecule has 1 aliphatic heterocycles. The molecule has 6 heteroatoms. The second-order valence-electron chi connectivity index (χ2n) is 6.84. The maximum absolute atomic E-state index is 12.8. The van der Waals surface area contributed by atoms with E-state index in [0.29, 0.717) is 16.9 Å². The third-order valence-corrected chi connectivity index (χ3v) is 4.91. The van der Waals surface area contributed by atoms with Gasteiger partial charge in [-0.2, -0.15) is 0 Å². The molecule has 0 unspecified atom stereocenters. The zero-order chi connectivity index (χ0) is 18.8. The highest BCUT2D eigenvalue weighted by molar-refractivity contribution is 5.95. The maximum Gasteiger partial charge on any atom is 0.254 e. The molecule has 0 aliphatic carbocycles. The minimum Gasteiger partial charge on any atom is -0.496 e. The number of piperazine rings is 1. The van der Waals surface area contributed by atoms with E-state index in [4.69, 9.17) is 4.74 Å². The Morgan fingerprint density at radius 2 is 1.77 bits per heavy atom. The summed E-state index contributed by atoms with van der Waals surface area (Å²) in [5, 5.41) is 0. The van der Waals surface area contributed by atoms with E-state index in [1.54, 1.807) is 37.9 Å². The lowest BCUT2D eigenvalue weighted by Gasteiger charge is -2.32. The molecular weight excluding hydrogens is 330 g/mol. The average molecular weight is 355 g/mol. The van der Waals surface area contributed by atoms with Gasteiger partial charge < -0.3 is 19.1 Å². The monoisotopic (exact) mass is 355 g/mol. The van der Waals surface area contributed by atoms with Crippen molar-refractivity contribution >= 4 is 5.91 Å². The van der Waals surface area contributed by atoms with E-state index < -0.39 is 0 Å². The Bertz CT molecular complexity index is 854. The number of benzene rings is 1. The van der Waals surface area contributed by atoms with E-state index >= 15 is 0 Å². The van der Waals surface area contributed by atoms with E-state index in [-0.39, 0.29) is 11.5 Å². The first-order valence-corrected chi connectivity index (χ1v) is 8.74. The van der Waals surface area contributed by atoms with Gasteiger partial charge in [0.25, 0.3) is 11.5 Å². The minimum atomic E-state index is -0.0189. The van der Waals surface area contributed by atoms with Crippen molar-refractivity contribution in [2.75, 3.05) is 40.3 Å². The first-order valence-electron chi connectivity index (χ1n) is 8.74. The number of nitrogens with zero attached hydrogens (tertiary/aromatic N) is 3. The highest BCUT2D eigenvalue weighted by atomic mass is 16.5. The Labute approximate surface area is 153 Å². The molecule has 0 saturated carbocycles.